The van der Waals surface area contributed by atoms with Gasteiger partial charge >= 0.3 is 0 Å². The third-order valence-corrected chi connectivity index (χ3v) is 4.69. The van der Waals surface area contributed by atoms with Crippen LogP contribution in [0, 0.1) is 5.92 Å². The van der Waals surface area contributed by atoms with Crippen LogP contribution in [0.5, 0.6) is 0 Å². The van der Waals surface area contributed by atoms with Crippen molar-refractivity contribution >= 4 is 5.69 Å². The Labute approximate surface area is 117 Å². The summed E-state index contributed by atoms with van der Waals surface area (Å²) in [6, 6.07) is 7.16. The van der Waals surface area contributed by atoms with Gasteiger partial charge in [0.1, 0.15) is 0 Å². The SMILES string of the molecule is CNC[C@@H]1CCCc2cc(N(C)CC3CC3)ccc21. The lowest BCUT2D eigenvalue weighted by atomic mass is 9.82. The van der Waals surface area contributed by atoms with Gasteiger partial charge in [-0.2, -0.15) is 0 Å². The smallest absolute Gasteiger partial charge is 0.0366 e. The van der Waals surface area contributed by atoms with E-state index in [4.69, 9.17) is 0 Å². The Kier molecular flexibility index (Phi) is 3.79. The first-order valence-corrected chi connectivity index (χ1v) is 7.76. The van der Waals surface area contributed by atoms with Gasteiger partial charge in [-0.25, -0.2) is 0 Å². The number of nitrogens with zero attached hydrogens (tertiary/aromatic N) is 1. The molecule has 1 N–H and O–H groups in total. The van der Waals surface area contributed by atoms with Gasteiger partial charge in [0.2, 0.25) is 0 Å². The first kappa shape index (κ1) is 13.0. The predicted molar refractivity (Wildman–Crippen MR) is 82.0 cm³/mol. The van der Waals surface area contributed by atoms with E-state index in [-0.39, 0.29) is 0 Å². The molecule has 1 saturated carbocycles. The summed E-state index contributed by atoms with van der Waals surface area (Å²) in [5, 5.41) is 3.34. The molecule has 1 atom stereocenters. The second kappa shape index (κ2) is 5.54. The zero-order valence-electron chi connectivity index (χ0n) is 12.3. The van der Waals surface area contributed by atoms with Crippen molar-refractivity contribution < 1.29 is 0 Å². The fourth-order valence-corrected chi connectivity index (χ4v) is 3.39. The van der Waals surface area contributed by atoms with E-state index in [0.29, 0.717) is 0 Å². The molecule has 0 aliphatic heterocycles. The Morgan fingerprint density at radius 3 is 2.84 bits per heavy atom. The van der Waals surface area contributed by atoms with Crippen molar-refractivity contribution in [3.63, 3.8) is 0 Å². The number of hydrogen-bond donors (Lipinski definition) is 1. The molecular weight excluding hydrogens is 232 g/mol. The monoisotopic (exact) mass is 258 g/mol. The first-order valence-electron chi connectivity index (χ1n) is 7.76. The van der Waals surface area contributed by atoms with Crippen molar-refractivity contribution in [2.75, 3.05) is 32.1 Å². The van der Waals surface area contributed by atoms with Crippen LogP contribution in [0.15, 0.2) is 18.2 Å². The molecule has 1 aromatic rings. The fraction of sp³-hybridized carbons (Fsp3) is 0.647. The molecule has 2 aliphatic carbocycles. The molecule has 2 nitrogen and oxygen atoms in total. The summed E-state index contributed by atoms with van der Waals surface area (Å²) >= 11 is 0. The van der Waals surface area contributed by atoms with E-state index in [0.717, 1.165) is 18.4 Å². The van der Waals surface area contributed by atoms with E-state index in [1.807, 2.05) is 0 Å². The Morgan fingerprint density at radius 1 is 1.26 bits per heavy atom. The van der Waals surface area contributed by atoms with E-state index in [9.17, 15) is 0 Å². The van der Waals surface area contributed by atoms with E-state index >= 15 is 0 Å². The minimum atomic E-state index is 0.719. The summed E-state index contributed by atoms with van der Waals surface area (Å²) in [7, 11) is 4.31. The van der Waals surface area contributed by atoms with Gasteiger partial charge in [-0.05, 0) is 74.2 Å². The summed E-state index contributed by atoms with van der Waals surface area (Å²) in [6.07, 6.45) is 6.81. The van der Waals surface area contributed by atoms with Crippen molar-refractivity contribution in [3.05, 3.63) is 29.3 Å². The number of fused-ring (bicyclic) bond motifs is 1. The van der Waals surface area contributed by atoms with E-state index < -0.39 is 0 Å². The van der Waals surface area contributed by atoms with Crippen LogP contribution < -0.4 is 10.2 Å². The summed E-state index contributed by atoms with van der Waals surface area (Å²) in [4.78, 5) is 2.44. The van der Waals surface area contributed by atoms with Gasteiger partial charge in [0.25, 0.3) is 0 Å². The average Bonchev–Trinajstić information content (AvgIpc) is 3.23. The molecular formula is C17H26N2. The molecule has 1 aromatic carbocycles. The number of aryl methyl sites for hydroxylation is 1. The summed E-state index contributed by atoms with van der Waals surface area (Å²) in [6.45, 7) is 2.35. The topological polar surface area (TPSA) is 15.3 Å². The van der Waals surface area contributed by atoms with Gasteiger partial charge in [0.15, 0.2) is 0 Å². The number of likely N-dealkylation sites (N-methyl/N-ethyl adjacent to an activating group) is 1. The molecule has 2 heteroatoms. The summed E-state index contributed by atoms with van der Waals surface area (Å²) in [5.74, 6) is 1.68. The average molecular weight is 258 g/mol. The Hall–Kier alpha value is -1.02. The lowest BCUT2D eigenvalue weighted by Crippen LogP contribution is -2.23. The molecule has 19 heavy (non-hydrogen) atoms. The largest absolute Gasteiger partial charge is 0.374 e. The highest BCUT2D eigenvalue weighted by atomic mass is 15.1. The highest BCUT2D eigenvalue weighted by Gasteiger charge is 2.24. The molecule has 104 valence electrons. The standard InChI is InChI=1S/C17H26N2/c1-18-11-15-5-3-4-14-10-16(8-9-17(14)15)19(2)12-13-6-7-13/h8-10,13,15,18H,3-7,11-12H2,1-2H3/t15-/m0/s1. The van der Waals surface area contributed by atoms with Crippen LogP contribution in [0.4, 0.5) is 5.69 Å². The second-order valence-electron chi connectivity index (χ2n) is 6.35. The van der Waals surface area contributed by atoms with Crippen molar-refractivity contribution in [3.8, 4) is 0 Å². The Morgan fingerprint density at radius 2 is 2.11 bits per heavy atom. The molecule has 0 bridgehead atoms. The van der Waals surface area contributed by atoms with Gasteiger partial charge in [-0.3, -0.25) is 0 Å². The van der Waals surface area contributed by atoms with E-state index in [1.165, 1.54) is 44.3 Å². The van der Waals surface area contributed by atoms with Crippen LogP contribution in [0.25, 0.3) is 0 Å². The maximum absolute atomic E-state index is 3.34. The zero-order chi connectivity index (χ0) is 13.2. The maximum Gasteiger partial charge on any atom is 0.0366 e. The van der Waals surface area contributed by atoms with Crippen molar-refractivity contribution in [1.82, 2.24) is 5.32 Å². The minimum absolute atomic E-state index is 0.719. The summed E-state index contributed by atoms with van der Waals surface area (Å²) in [5.41, 5.74) is 4.59. The van der Waals surface area contributed by atoms with Gasteiger partial charge in [0.05, 0.1) is 0 Å². The fourth-order valence-electron chi connectivity index (χ4n) is 3.39. The van der Waals surface area contributed by atoms with Gasteiger partial charge < -0.3 is 10.2 Å². The lowest BCUT2D eigenvalue weighted by molar-refractivity contribution is 0.529. The highest BCUT2D eigenvalue weighted by Crippen LogP contribution is 2.35. The van der Waals surface area contributed by atoms with Crippen molar-refractivity contribution in [2.45, 2.75) is 38.0 Å². The Balaban J connectivity index is 1.78. The van der Waals surface area contributed by atoms with Crippen molar-refractivity contribution in [2.24, 2.45) is 5.92 Å². The third-order valence-electron chi connectivity index (χ3n) is 4.69. The molecule has 2 aliphatic rings. The molecule has 0 heterocycles. The minimum Gasteiger partial charge on any atom is -0.374 e. The molecule has 0 radical (unpaired) electrons. The zero-order valence-corrected chi connectivity index (χ0v) is 12.3. The normalized spacial score (nSPS) is 22.1. The molecule has 0 amide bonds. The quantitative estimate of drug-likeness (QED) is 0.872. The molecule has 0 saturated heterocycles. The highest BCUT2D eigenvalue weighted by molar-refractivity contribution is 5.52. The first-order chi connectivity index (χ1) is 9.28. The van der Waals surface area contributed by atoms with Crippen LogP contribution in [0.2, 0.25) is 0 Å². The van der Waals surface area contributed by atoms with Crippen LogP contribution >= 0.6 is 0 Å². The third kappa shape index (κ3) is 2.94. The predicted octanol–water partition coefficient (Wildman–Crippen LogP) is 3.17. The van der Waals surface area contributed by atoms with Gasteiger partial charge in [-0.15, -0.1) is 0 Å². The number of hydrogen-bond acceptors (Lipinski definition) is 2. The van der Waals surface area contributed by atoms with E-state index in [1.54, 1.807) is 11.1 Å². The molecule has 1 fully saturated rings. The van der Waals surface area contributed by atoms with Crippen LogP contribution in [-0.2, 0) is 6.42 Å². The van der Waals surface area contributed by atoms with E-state index in [2.05, 4.69) is 42.5 Å². The lowest BCUT2D eigenvalue weighted by Gasteiger charge is -2.28. The van der Waals surface area contributed by atoms with Crippen LogP contribution in [0.3, 0.4) is 0 Å². The molecule has 3 rings (SSSR count). The number of rotatable bonds is 5. The van der Waals surface area contributed by atoms with Crippen LogP contribution in [-0.4, -0.2) is 27.2 Å². The number of anilines is 1. The molecule has 0 aromatic heterocycles. The van der Waals surface area contributed by atoms with Gasteiger partial charge in [-0.1, -0.05) is 6.07 Å². The van der Waals surface area contributed by atoms with Crippen LogP contribution in [0.1, 0.15) is 42.7 Å². The van der Waals surface area contributed by atoms with Crippen molar-refractivity contribution in [1.29, 1.82) is 0 Å². The summed E-state index contributed by atoms with van der Waals surface area (Å²) < 4.78 is 0. The number of benzene rings is 1. The Bertz CT molecular complexity index is 437. The number of nitrogens with one attached hydrogen (secondary N) is 1. The maximum atomic E-state index is 3.34. The van der Waals surface area contributed by atoms with Gasteiger partial charge in [0, 0.05) is 25.8 Å². The second-order valence-corrected chi connectivity index (χ2v) is 6.35. The molecule has 0 spiro atoms. The molecule has 0 unspecified atom stereocenters.